The molecule has 0 saturated carbocycles. The molecule has 3 heteroatoms. The van der Waals surface area contributed by atoms with E-state index in [1.807, 2.05) is 0 Å². The number of anilines is 2. The fourth-order valence-electron chi connectivity index (χ4n) is 0.727. The molecule has 1 aromatic rings. The SMILES string of the molecule is C=Cc1c(N)ccnc1N. The molecule has 4 N–H and O–H groups in total. The summed E-state index contributed by atoms with van der Waals surface area (Å²) < 4.78 is 0. The lowest BCUT2D eigenvalue weighted by Gasteiger charge is -2.00. The quantitative estimate of drug-likeness (QED) is 0.601. The summed E-state index contributed by atoms with van der Waals surface area (Å²) in [4.78, 5) is 3.84. The molecule has 1 rings (SSSR count). The van der Waals surface area contributed by atoms with E-state index in [1.165, 1.54) is 0 Å². The Kier molecular flexibility index (Phi) is 1.58. The van der Waals surface area contributed by atoms with Gasteiger partial charge in [-0.25, -0.2) is 4.98 Å². The maximum atomic E-state index is 5.54. The predicted molar refractivity (Wildman–Crippen MR) is 43.2 cm³/mol. The zero-order valence-corrected chi connectivity index (χ0v) is 5.54. The summed E-state index contributed by atoms with van der Waals surface area (Å²) in [6, 6.07) is 1.69. The molecule has 0 aliphatic rings. The molecule has 0 aromatic carbocycles. The normalized spacial score (nSPS) is 9.20. The largest absolute Gasteiger partial charge is 0.398 e. The third-order valence-electron chi connectivity index (χ3n) is 1.26. The van der Waals surface area contributed by atoms with Crippen LogP contribution in [-0.2, 0) is 0 Å². The van der Waals surface area contributed by atoms with Crippen molar-refractivity contribution >= 4 is 17.6 Å². The number of aromatic nitrogens is 1. The van der Waals surface area contributed by atoms with Crippen molar-refractivity contribution in [1.29, 1.82) is 0 Å². The van der Waals surface area contributed by atoms with Crippen LogP contribution in [0.2, 0.25) is 0 Å². The molecule has 1 heterocycles. The molecule has 0 aliphatic carbocycles. The Bertz CT molecular complexity index is 235. The van der Waals surface area contributed by atoms with E-state index in [0.29, 0.717) is 17.1 Å². The van der Waals surface area contributed by atoms with Crippen molar-refractivity contribution in [3.63, 3.8) is 0 Å². The zero-order chi connectivity index (χ0) is 7.56. The van der Waals surface area contributed by atoms with Gasteiger partial charge in [-0.3, -0.25) is 0 Å². The molecular weight excluding hydrogens is 126 g/mol. The third-order valence-corrected chi connectivity index (χ3v) is 1.26. The topological polar surface area (TPSA) is 64.9 Å². The molecular formula is C7H9N3. The molecule has 3 nitrogen and oxygen atoms in total. The Morgan fingerprint density at radius 2 is 2.20 bits per heavy atom. The number of pyridine rings is 1. The first-order chi connectivity index (χ1) is 4.75. The van der Waals surface area contributed by atoms with Crippen LogP contribution in [0.3, 0.4) is 0 Å². The standard InChI is InChI=1S/C7H9N3/c1-2-5-6(8)3-4-10-7(5)9/h2-4H,1H2,(H4,8,9,10). The molecule has 0 bridgehead atoms. The summed E-state index contributed by atoms with van der Waals surface area (Å²) >= 11 is 0. The molecule has 0 atom stereocenters. The van der Waals surface area contributed by atoms with E-state index in [-0.39, 0.29) is 0 Å². The van der Waals surface area contributed by atoms with Gasteiger partial charge in [-0.05, 0) is 6.07 Å². The fraction of sp³-hybridized carbons (Fsp3) is 0. The summed E-state index contributed by atoms with van der Waals surface area (Å²) in [5, 5.41) is 0. The Morgan fingerprint density at radius 3 is 2.60 bits per heavy atom. The number of nitrogen functional groups attached to an aromatic ring is 2. The zero-order valence-electron chi connectivity index (χ0n) is 5.54. The lowest BCUT2D eigenvalue weighted by Crippen LogP contribution is -1.97. The van der Waals surface area contributed by atoms with Crippen LogP contribution in [0.1, 0.15) is 5.56 Å². The minimum absolute atomic E-state index is 0.426. The van der Waals surface area contributed by atoms with Crippen LogP contribution in [0, 0.1) is 0 Å². The molecule has 0 fully saturated rings. The van der Waals surface area contributed by atoms with Gasteiger partial charge in [0.25, 0.3) is 0 Å². The van der Waals surface area contributed by atoms with Gasteiger partial charge in [0.05, 0.1) is 0 Å². The van der Waals surface area contributed by atoms with Gasteiger partial charge < -0.3 is 11.5 Å². The molecule has 0 radical (unpaired) electrons. The molecule has 0 saturated heterocycles. The second-order valence-corrected chi connectivity index (χ2v) is 1.90. The van der Waals surface area contributed by atoms with Crippen LogP contribution >= 0.6 is 0 Å². The summed E-state index contributed by atoms with van der Waals surface area (Å²) in [7, 11) is 0. The highest BCUT2D eigenvalue weighted by Gasteiger charge is 1.97. The van der Waals surface area contributed by atoms with E-state index >= 15 is 0 Å². The summed E-state index contributed by atoms with van der Waals surface area (Å²) in [6.45, 7) is 3.55. The Balaban J connectivity index is 3.30. The Hall–Kier alpha value is -1.51. The van der Waals surface area contributed by atoms with Crippen molar-refractivity contribution in [3.05, 3.63) is 24.4 Å². The maximum Gasteiger partial charge on any atom is 0.132 e. The van der Waals surface area contributed by atoms with E-state index in [1.54, 1.807) is 18.3 Å². The van der Waals surface area contributed by atoms with E-state index in [4.69, 9.17) is 11.5 Å². The van der Waals surface area contributed by atoms with Crippen LogP contribution in [0.4, 0.5) is 11.5 Å². The van der Waals surface area contributed by atoms with Crippen molar-refractivity contribution in [2.75, 3.05) is 11.5 Å². The molecule has 0 spiro atoms. The van der Waals surface area contributed by atoms with Gasteiger partial charge in [0.2, 0.25) is 0 Å². The number of hydrogen-bond donors (Lipinski definition) is 2. The number of hydrogen-bond acceptors (Lipinski definition) is 3. The van der Waals surface area contributed by atoms with Gasteiger partial charge in [-0.15, -0.1) is 0 Å². The molecule has 0 unspecified atom stereocenters. The van der Waals surface area contributed by atoms with Crippen molar-refractivity contribution in [2.24, 2.45) is 0 Å². The minimum atomic E-state index is 0.426. The van der Waals surface area contributed by atoms with Crippen LogP contribution in [0.5, 0.6) is 0 Å². The molecule has 0 aliphatic heterocycles. The second-order valence-electron chi connectivity index (χ2n) is 1.90. The molecule has 10 heavy (non-hydrogen) atoms. The smallest absolute Gasteiger partial charge is 0.132 e. The van der Waals surface area contributed by atoms with Crippen LogP contribution < -0.4 is 11.5 Å². The van der Waals surface area contributed by atoms with Gasteiger partial charge in [0, 0.05) is 17.4 Å². The summed E-state index contributed by atoms with van der Waals surface area (Å²) in [5.74, 6) is 0.426. The number of rotatable bonds is 1. The van der Waals surface area contributed by atoms with Gasteiger partial charge in [0.15, 0.2) is 0 Å². The van der Waals surface area contributed by atoms with Gasteiger partial charge in [0.1, 0.15) is 5.82 Å². The van der Waals surface area contributed by atoms with Crippen molar-refractivity contribution in [1.82, 2.24) is 4.98 Å². The fourth-order valence-corrected chi connectivity index (χ4v) is 0.727. The monoisotopic (exact) mass is 135 g/mol. The van der Waals surface area contributed by atoms with Crippen LogP contribution in [0.15, 0.2) is 18.8 Å². The van der Waals surface area contributed by atoms with Crippen molar-refractivity contribution in [3.8, 4) is 0 Å². The number of nitrogens with zero attached hydrogens (tertiary/aromatic N) is 1. The first-order valence-corrected chi connectivity index (χ1v) is 2.88. The highest BCUT2D eigenvalue weighted by molar-refractivity contribution is 5.71. The average Bonchev–Trinajstić information content (AvgIpc) is 1.88. The Labute approximate surface area is 59.4 Å². The first kappa shape index (κ1) is 6.61. The highest BCUT2D eigenvalue weighted by atomic mass is 14.8. The van der Waals surface area contributed by atoms with E-state index in [2.05, 4.69) is 11.6 Å². The lowest BCUT2D eigenvalue weighted by atomic mass is 10.2. The van der Waals surface area contributed by atoms with Gasteiger partial charge in [-0.2, -0.15) is 0 Å². The van der Waals surface area contributed by atoms with Crippen molar-refractivity contribution < 1.29 is 0 Å². The average molecular weight is 135 g/mol. The third kappa shape index (κ3) is 0.932. The molecule has 1 aromatic heterocycles. The summed E-state index contributed by atoms with van der Waals surface area (Å²) in [5.41, 5.74) is 12.3. The van der Waals surface area contributed by atoms with Crippen LogP contribution in [0.25, 0.3) is 6.08 Å². The lowest BCUT2D eigenvalue weighted by molar-refractivity contribution is 1.33. The van der Waals surface area contributed by atoms with E-state index < -0.39 is 0 Å². The van der Waals surface area contributed by atoms with Gasteiger partial charge >= 0.3 is 0 Å². The second kappa shape index (κ2) is 2.39. The van der Waals surface area contributed by atoms with Crippen molar-refractivity contribution in [2.45, 2.75) is 0 Å². The highest BCUT2D eigenvalue weighted by Crippen LogP contribution is 2.16. The summed E-state index contributed by atoms with van der Waals surface area (Å²) in [6.07, 6.45) is 3.16. The predicted octanol–water partition coefficient (Wildman–Crippen LogP) is 0.889. The van der Waals surface area contributed by atoms with E-state index in [0.717, 1.165) is 0 Å². The number of nitrogens with two attached hydrogens (primary N) is 2. The minimum Gasteiger partial charge on any atom is -0.398 e. The maximum absolute atomic E-state index is 5.54. The Morgan fingerprint density at radius 1 is 1.50 bits per heavy atom. The molecule has 52 valence electrons. The van der Waals surface area contributed by atoms with Gasteiger partial charge in [-0.1, -0.05) is 12.7 Å². The van der Waals surface area contributed by atoms with Crippen LogP contribution in [-0.4, -0.2) is 4.98 Å². The molecule has 0 amide bonds. The first-order valence-electron chi connectivity index (χ1n) is 2.88. The van der Waals surface area contributed by atoms with E-state index in [9.17, 15) is 0 Å².